The molecule has 3 saturated carbocycles. The zero-order chi connectivity index (χ0) is 35.0. The molecule has 1 aromatic heterocycles. The van der Waals surface area contributed by atoms with Crippen molar-refractivity contribution in [1.82, 2.24) is 0 Å². The van der Waals surface area contributed by atoms with E-state index in [0.717, 1.165) is 44.1 Å². The summed E-state index contributed by atoms with van der Waals surface area (Å²) in [5.41, 5.74) is 0.655. The molecule has 0 bridgehead atoms. The number of rotatable bonds is 6. The summed E-state index contributed by atoms with van der Waals surface area (Å²) in [6, 6.07) is 3.32. The first-order chi connectivity index (χ1) is 23.2. The molecule has 7 rings (SSSR count). The van der Waals surface area contributed by atoms with Crippen LogP contribution in [-0.2, 0) is 18.9 Å². The van der Waals surface area contributed by atoms with Gasteiger partial charge in [-0.15, -0.1) is 0 Å². The van der Waals surface area contributed by atoms with E-state index in [1.165, 1.54) is 11.6 Å². The van der Waals surface area contributed by atoms with Crippen molar-refractivity contribution < 1.29 is 59.1 Å². The summed E-state index contributed by atoms with van der Waals surface area (Å²) in [5, 5.41) is 74.7. The van der Waals surface area contributed by atoms with Crippen LogP contribution < -0.4 is 5.63 Å². The van der Waals surface area contributed by atoms with E-state index in [0.29, 0.717) is 18.8 Å². The average molecular weight is 693 g/mol. The first-order valence-corrected chi connectivity index (χ1v) is 17.9. The van der Waals surface area contributed by atoms with Crippen molar-refractivity contribution in [3.05, 3.63) is 46.0 Å². The number of aliphatic hydroxyl groups excluding tert-OH is 6. The van der Waals surface area contributed by atoms with Gasteiger partial charge in [0.05, 0.1) is 30.7 Å². The summed E-state index contributed by atoms with van der Waals surface area (Å²) in [6.45, 7) is 5.53. The second kappa shape index (κ2) is 13.0. The molecular formula is C36H52O13. The van der Waals surface area contributed by atoms with Crippen molar-refractivity contribution in [2.24, 2.45) is 22.7 Å². The maximum atomic E-state index is 12.5. The number of hydrogen-bond donors (Lipinski definition) is 7. The molecule has 2 saturated heterocycles. The van der Waals surface area contributed by atoms with Gasteiger partial charge in [-0.25, -0.2) is 4.79 Å². The van der Waals surface area contributed by atoms with E-state index < -0.39 is 73.6 Å². The van der Waals surface area contributed by atoms with Crippen molar-refractivity contribution in [3.8, 4) is 0 Å². The maximum Gasteiger partial charge on any atom is 0.335 e. The monoisotopic (exact) mass is 692 g/mol. The summed E-state index contributed by atoms with van der Waals surface area (Å²) in [5.74, 6) is 0.572. The fourth-order valence-corrected chi connectivity index (χ4v) is 10.7. The lowest BCUT2D eigenvalue weighted by molar-refractivity contribution is -0.357. The molecule has 1 aromatic rings. The molecule has 13 nitrogen and oxygen atoms in total. The molecule has 0 radical (unpaired) electrons. The molecule has 13 heteroatoms. The highest BCUT2D eigenvalue weighted by molar-refractivity contribution is 5.31. The van der Waals surface area contributed by atoms with Crippen LogP contribution in [0.3, 0.4) is 0 Å². The SMILES string of the molecule is C[C@H]1O[C@H](O[C@@H]2C=C3CCC4C(CC[C@]5(C)[C@@H](c6ccc(=O)oc6)CC[C@]45O)[C@@]3(C)CC2)C(O)C(O)[C@@H]1O[C@@H]1O[C@H](CO)[C@@H](O)C(O)[C@H]1O. The Hall–Kier alpha value is -1.75. The van der Waals surface area contributed by atoms with Crippen molar-refractivity contribution >= 4 is 0 Å². The van der Waals surface area contributed by atoms with Gasteiger partial charge in [0.1, 0.15) is 42.7 Å². The molecule has 6 aliphatic rings. The summed E-state index contributed by atoms with van der Waals surface area (Å²) >= 11 is 0. The molecule has 5 fully saturated rings. The van der Waals surface area contributed by atoms with Gasteiger partial charge >= 0.3 is 5.63 Å². The quantitative estimate of drug-likeness (QED) is 0.207. The van der Waals surface area contributed by atoms with E-state index in [1.54, 1.807) is 13.2 Å². The van der Waals surface area contributed by atoms with Gasteiger partial charge in [0.15, 0.2) is 12.6 Å². The van der Waals surface area contributed by atoms with Gasteiger partial charge in [-0.2, -0.15) is 0 Å². The molecule has 0 spiro atoms. The van der Waals surface area contributed by atoms with Crippen LogP contribution >= 0.6 is 0 Å². The number of fused-ring (bicyclic) bond motifs is 5. The molecule has 17 atom stereocenters. The van der Waals surface area contributed by atoms with Crippen molar-refractivity contribution in [1.29, 1.82) is 0 Å². The van der Waals surface area contributed by atoms with Gasteiger partial charge in [0.25, 0.3) is 0 Å². The molecule has 4 aliphatic carbocycles. The van der Waals surface area contributed by atoms with E-state index in [9.17, 15) is 40.5 Å². The lowest BCUT2D eigenvalue weighted by Crippen LogP contribution is -2.64. The predicted octanol–water partition coefficient (Wildman–Crippen LogP) is 0.838. The van der Waals surface area contributed by atoms with Gasteiger partial charge in [0, 0.05) is 11.5 Å². The van der Waals surface area contributed by atoms with Crippen molar-refractivity contribution in [3.63, 3.8) is 0 Å². The fraction of sp³-hybridized carbons (Fsp3) is 0.806. The highest BCUT2D eigenvalue weighted by Crippen LogP contribution is 2.70. The summed E-state index contributed by atoms with van der Waals surface area (Å²) in [6.07, 6.45) is -3.69. The zero-order valence-electron chi connectivity index (χ0n) is 28.3. The molecule has 274 valence electrons. The highest BCUT2D eigenvalue weighted by atomic mass is 16.7. The second-order valence-corrected chi connectivity index (χ2v) is 15.9. The topological polar surface area (TPSA) is 209 Å². The van der Waals surface area contributed by atoms with E-state index in [4.69, 9.17) is 23.4 Å². The van der Waals surface area contributed by atoms with E-state index >= 15 is 0 Å². The maximum absolute atomic E-state index is 12.5. The van der Waals surface area contributed by atoms with Crippen LogP contribution in [0, 0.1) is 22.7 Å². The van der Waals surface area contributed by atoms with Gasteiger partial charge in [0.2, 0.25) is 0 Å². The standard InChI is InChI=1S/C36H52O13/c1-17-31(49-33-29(42)27(40)26(39)24(15-37)48-33)28(41)30(43)32(46-17)47-20-8-11-34(2)19(14-20)5-6-23-22(34)9-12-35(3)21(10-13-36(23,35)44)18-4-7-25(38)45-16-18/h4,7,14,16-17,20-24,26-33,37,39-44H,5-6,8-13,15H2,1-3H3/t17-,20+,21-,22?,23?,24-,26-,27?,28?,29-,30?,31-,32-,33+,34+,35-,36+/m1/s1. The third-order valence-corrected chi connectivity index (χ3v) is 13.6. The number of hydrogen-bond acceptors (Lipinski definition) is 13. The first kappa shape index (κ1) is 35.6. The Morgan fingerprint density at radius 1 is 0.837 bits per heavy atom. The Morgan fingerprint density at radius 2 is 1.57 bits per heavy atom. The molecular weight excluding hydrogens is 640 g/mol. The average Bonchev–Trinajstić information content (AvgIpc) is 3.36. The molecule has 0 amide bonds. The Kier molecular flexibility index (Phi) is 9.48. The van der Waals surface area contributed by atoms with Crippen molar-refractivity contribution in [2.45, 2.75) is 151 Å². The second-order valence-electron chi connectivity index (χ2n) is 15.9. The van der Waals surface area contributed by atoms with Gasteiger partial charge < -0.3 is 59.1 Å². The molecule has 3 heterocycles. The van der Waals surface area contributed by atoms with Crippen LogP contribution in [-0.4, -0.2) is 115 Å². The summed E-state index contributed by atoms with van der Waals surface area (Å²) in [7, 11) is 0. The Bertz CT molecular complexity index is 1430. The molecule has 5 unspecified atom stereocenters. The largest absolute Gasteiger partial charge is 0.431 e. The first-order valence-electron chi connectivity index (χ1n) is 17.9. The molecule has 49 heavy (non-hydrogen) atoms. The van der Waals surface area contributed by atoms with Crippen LogP contribution in [0.25, 0.3) is 0 Å². The summed E-state index contributed by atoms with van der Waals surface area (Å²) in [4.78, 5) is 11.6. The molecule has 2 aliphatic heterocycles. The normalized spacial score (nSPS) is 51.3. The fourth-order valence-electron chi connectivity index (χ4n) is 10.7. The van der Waals surface area contributed by atoms with Gasteiger partial charge in [-0.3, -0.25) is 0 Å². The van der Waals surface area contributed by atoms with E-state index in [-0.39, 0.29) is 34.4 Å². The highest BCUT2D eigenvalue weighted by Gasteiger charge is 2.67. The van der Waals surface area contributed by atoms with Crippen LogP contribution in [0.2, 0.25) is 0 Å². The van der Waals surface area contributed by atoms with Gasteiger partial charge in [-0.1, -0.05) is 25.5 Å². The van der Waals surface area contributed by atoms with Crippen LogP contribution in [0.15, 0.2) is 39.3 Å². The third-order valence-electron chi connectivity index (χ3n) is 13.6. The number of allylic oxidation sites excluding steroid dienone is 1. The minimum Gasteiger partial charge on any atom is -0.431 e. The van der Waals surface area contributed by atoms with E-state index in [2.05, 4.69) is 19.9 Å². The van der Waals surface area contributed by atoms with E-state index in [1.807, 2.05) is 6.07 Å². The van der Waals surface area contributed by atoms with Crippen molar-refractivity contribution in [2.75, 3.05) is 6.61 Å². The smallest absolute Gasteiger partial charge is 0.335 e. The number of ether oxygens (including phenoxy) is 4. The summed E-state index contributed by atoms with van der Waals surface area (Å²) < 4.78 is 28.7. The minimum atomic E-state index is -1.66. The Labute approximate surface area is 285 Å². The van der Waals surface area contributed by atoms with Crippen LogP contribution in [0.5, 0.6) is 0 Å². The lowest BCUT2D eigenvalue weighted by atomic mass is 9.45. The third kappa shape index (κ3) is 5.68. The number of aliphatic hydroxyl groups is 7. The Morgan fingerprint density at radius 3 is 2.29 bits per heavy atom. The molecule has 7 N–H and O–H groups in total. The Balaban J connectivity index is 1.01. The lowest BCUT2D eigenvalue weighted by Gasteiger charge is -2.62. The van der Waals surface area contributed by atoms with Crippen LogP contribution in [0.1, 0.15) is 83.6 Å². The minimum absolute atomic E-state index is 0.110. The zero-order valence-corrected chi connectivity index (χ0v) is 28.3. The predicted molar refractivity (Wildman–Crippen MR) is 171 cm³/mol. The van der Waals surface area contributed by atoms with Gasteiger partial charge in [-0.05, 0) is 93.1 Å². The molecule has 0 aromatic carbocycles. The van der Waals surface area contributed by atoms with Crippen LogP contribution in [0.4, 0.5) is 0 Å².